The lowest BCUT2D eigenvalue weighted by atomic mass is 9.99. The summed E-state index contributed by atoms with van der Waals surface area (Å²) in [6.45, 7) is 3.82. The second-order valence-electron chi connectivity index (χ2n) is 4.99. The number of nitrogens with one attached hydrogen (secondary N) is 1. The molecule has 0 unspecified atom stereocenters. The number of thiophene rings is 1. The van der Waals surface area contributed by atoms with Crippen LogP contribution in [0.3, 0.4) is 0 Å². The third-order valence-corrected chi connectivity index (χ3v) is 4.46. The molecular formula is C17H17NOS. The first-order valence-electron chi connectivity index (χ1n) is 6.90. The van der Waals surface area contributed by atoms with Crippen LogP contribution in [0, 0.1) is 0 Å². The van der Waals surface area contributed by atoms with E-state index in [0.29, 0.717) is 0 Å². The molecule has 0 saturated carbocycles. The van der Waals surface area contributed by atoms with Gasteiger partial charge in [0.2, 0.25) is 0 Å². The van der Waals surface area contributed by atoms with Crippen LogP contribution in [0.4, 0.5) is 0 Å². The van der Waals surface area contributed by atoms with Crippen LogP contribution in [-0.4, -0.2) is 10.8 Å². The van der Waals surface area contributed by atoms with Gasteiger partial charge in [0.15, 0.2) is 5.78 Å². The average Bonchev–Trinajstić information content (AvgIpc) is 3.06. The Kier molecular flexibility index (Phi) is 3.45. The zero-order chi connectivity index (χ0) is 14.1. The third kappa shape index (κ3) is 2.08. The van der Waals surface area contributed by atoms with Crippen molar-refractivity contribution in [2.45, 2.75) is 26.7 Å². The minimum atomic E-state index is 0.129. The highest BCUT2D eigenvalue weighted by Crippen LogP contribution is 2.35. The molecule has 1 N–H and O–H groups in total. The molecule has 3 rings (SSSR count). The van der Waals surface area contributed by atoms with Crippen molar-refractivity contribution in [2.24, 2.45) is 0 Å². The van der Waals surface area contributed by atoms with Gasteiger partial charge in [-0.15, -0.1) is 11.3 Å². The van der Waals surface area contributed by atoms with E-state index in [1.807, 2.05) is 12.1 Å². The monoisotopic (exact) mass is 283 g/mol. The van der Waals surface area contributed by atoms with Gasteiger partial charge >= 0.3 is 0 Å². The average molecular weight is 283 g/mol. The maximum Gasteiger partial charge on any atom is 0.160 e. The molecule has 0 aliphatic carbocycles. The summed E-state index contributed by atoms with van der Waals surface area (Å²) < 4.78 is 0. The Hall–Kier alpha value is -1.87. The summed E-state index contributed by atoms with van der Waals surface area (Å²) in [4.78, 5) is 16.6. The van der Waals surface area contributed by atoms with Crippen LogP contribution in [0.25, 0.3) is 21.5 Å². The van der Waals surface area contributed by atoms with Gasteiger partial charge < -0.3 is 4.98 Å². The lowest BCUT2D eigenvalue weighted by molar-refractivity contribution is 0.101. The summed E-state index contributed by atoms with van der Waals surface area (Å²) in [5, 5.41) is 3.19. The lowest BCUT2D eigenvalue weighted by Crippen LogP contribution is -1.95. The fourth-order valence-corrected chi connectivity index (χ4v) is 3.49. The predicted molar refractivity (Wildman–Crippen MR) is 85.6 cm³/mol. The van der Waals surface area contributed by atoms with Crippen LogP contribution >= 0.6 is 11.3 Å². The molecular weight excluding hydrogens is 266 g/mol. The minimum absolute atomic E-state index is 0.129. The molecule has 2 aromatic heterocycles. The number of H-pyrrole nitrogens is 1. The molecule has 0 bridgehead atoms. The Bertz CT molecular complexity index is 753. The van der Waals surface area contributed by atoms with Crippen LogP contribution in [-0.2, 0) is 6.42 Å². The van der Waals surface area contributed by atoms with Crippen molar-refractivity contribution in [3.05, 3.63) is 46.8 Å². The van der Waals surface area contributed by atoms with E-state index in [2.05, 4.69) is 35.5 Å². The van der Waals surface area contributed by atoms with E-state index < -0.39 is 0 Å². The number of hydrogen-bond donors (Lipinski definition) is 1. The Morgan fingerprint density at radius 2 is 2.10 bits per heavy atom. The van der Waals surface area contributed by atoms with Crippen LogP contribution in [0.2, 0.25) is 0 Å². The van der Waals surface area contributed by atoms with E-state index in [1.165, 1.54) is 16.1 Å². The van der Waals surface area contributed by atoms with Crippen molar-refractivity contribution in [1.29, 1.82) is 0 Å². The standard InChI is InChI=1S/C17H17NOS/c1-3-6-13-16-12(11(2)19)7-4-8-14(16)18-17(13)15-9-5-10-20-15/h4-5,7-10,18H,3,6H2,1-2H3. The molecule has 0 atom stereocenters. The van der Waals surface area contributed by atoms with E-state index in [4.69, 9.17) is 0 Å². The molecule has 0 spiro atoms. The second kappa shape index (κ2) is 5.25. The van der Waals surface area contributed by atoms with Crippen molar-refractivity contribution >= 4 is 28.0 Å². The first-order valence-corrected chi connectivity index (χ1v) is 7.78. The zero-order valence-corrected chi connectivity index (χ0v) is 12.5. The van der Waals surface area contributed by atoms with E-state index >= 15 is 0 Å². The topological polar surface area (TPSA) is 32.9 Å². The second-order valence-corrected chi connectivity index (χ2v) is 5.94. The number of rotatable bonds is 4. The van der Waals surface area contributed by atoms with Gasteiger partial charge in [-0.2, -0.15) is 0 Å². The maximum absolute atomic E-state index is 11.9. The summed E-state index contributed by atoms with van der Waals surface area (Å²) in [6, 6.07) is 10.1. The SMILES string of the molecule is CCCc1c(-c2cccs2)[nH]c2cccc(C(C)=O)c12. The number of carbonyl (C=O) groups is 1. The Morgan fingerprint density at radius 1 is 1.25 bits per heavy atom. The zero-order valence-electron chi connectivity index (χ0n) is 11.7. The van der Waals surface area contributed by atoms with Crippen LogP contribution in [0.1, 0.15) is 36.2 Å². The highest BCUT2D eigenvalue weighted by atomic mass is 32.1. The van der Waals surface area contributed by atoms with Crippen molar-refractivity contribution in [3.8, 4) is 10.6 Å². The molecule has 0 fully saturated rings. The molecule has 2 heterocycles. The molecule has 0 amide bonds. The van der Waals surface area contributed by atoms with Crippen LogP contribution in [0.15, 0.2) is 35.7 Å². The summed E-state index contributed by atoms with van der Waals surface area (Å²) >= 11 is 1.73. The number of aromatic nitrogens is 1. The highest BCUT2D eigenvalue weighted by molar-refractivity contribution is 7.13. The van der Waals surface area contributed by atoms with Crippen molar-refractivity contribution in [2.75, 3.05) is 0 Å². The number of hydrogen-bond acceptors (Lipinski definition) is 2. The first-order chi connectivity index (χ1) is 9.72. The Labute approximate surface area is 122 Å². The quantitative estimate of drug-likeness (QED) is 0.668. The van der Waals surface area contributed by atoms with E-state index in [-0.39, 0.29) is 5.78 Å². The summed E-state index contributed by atoms with van der Waals surface area (Å²) in [5.74, 6) is 0.129. The van der Waals surface area contributed by atoms with Gasteiger partial charge in [-0.3, -0.25) is 4.79 Å². The lowest BCUT2D eigenvalue weighted by Gasteiger charge is -2.04. The molecule has 0 radical (unpaired) electrons. The molecule has 1 aromatic carbocycles. The number of carbonyl (C=O) groups excluding carboxylic acids is 1. The normalized spacial score (nSPS) is 11.1. The number of ketones is 1. The maximum atomic E-state index is 11.9. The van der Waals surface area contributed by atoms with Crippen molar-refractivity contribution in [1.82, 2.24) is 4.98 Å². The number of Topliss-reactive ketones (excluding diaryl/α,β-unsaturated/α-hetero) is 1. The molecule has 0 aliphatic rings. The highest BCUT2D eigenvalue weighted by Gasteiger charge is 2.17. The van der Waals surface area contributed by atoms with E-state index in [9.17, 15) is 4.79 Å². The number of aromatic amines is 1. The fourth-order valence-electron chi connectivity index (χ4n) is 2.74. The molecule has 20 heavy (non-hydrogen) atoms. The predicted octanol–water partition coefficient (Wildman–Crippen LogP) is 5.05. The molecule has 3 heteroatoms. The third-order valence-electron chi connectivity index (χ3n) is 3.57. The smallest absolute Gasteiger partial charge is 0.160 e. The molecule has 3 aromatic rings. The van der Waals surface area contributed by atoms with Gasteiger partial charge in [-0.25, -0.2) is 0 Å². The number of aryl methyl sites for hydroxylation is 1. The summed E-state index contributed by atoms with van der Waals surface area (Å²) in [7, 11) is 0. The number of benzene rings is 1. The first kappa shape index (κ1) is 13.1. The van der Waals surface area contributed by atoms with Crippen LogP contribution < -0.4 is 0 Å². The number of fused-ring (bicyclic) bond motifs is 1. The molecule has 0 aliphatic heterocycles. The van der Waals surface area contributed by atoms with E-state index in [0.717, 1.165) is 29.3 Å². The Balaban J connectivity index is 2.34. The van der Waals surface area contributed by atoms with Gasteiger partial charge in [-0.05, 0) is 36.4 Å². The minimum Gasteiger partial charge on any atom is -0.354 e. The van der Waals surface area contributed by atoms with Gasteiger partial charge in [0.25, 0.3) is 0 Å². The fraction of sp³-hybridized carbons (Fsp3) is 0.235. The van der Waals surface area contributed by atoms with Gasteiger partial charge in [0.1, 0.15) is 0 Å². The molecule has 2 nitrogen and oxygen atoms in total. The largest absolute Gasteiger partial charge is 0.354 e. The van der Waals surface area contributed by atoms with Crippen LogP contribution in [0.5, 0.6) is 0 Å². The summed E-state index contributed by atoms with van der Waals surface area (Å²) in [6.07, 6.45) is 2.05. The van der Waals surface area contributed by atoms with Crippen molar-refractivity contribution in [3.63, 3.8) is 0 Å². The summed E-state index contributed by atoms with van der Waals surface area (Å²) in [5.41, 5.74) is 4.33. The van der Waals surface area contributed by atoms with Gasteiger partial charge in [0, 0.05) is 16.5 Å². The Morgan fingerprint density at radius 3 is 2.75 bits per heavy atom. The molecule has 0 saturated heterocycles. The van der Waals surface area contributed by atoms with E-state index in [1.54, 1.807) is 18.3 Å². The van der Waals surface area contributed by atoms with Gasteiger partial charge in [0.05, 0.1) is 10.6 Å². The van der Waals surface area contributed by atoms with Crippen molar-refractivity contribution < 1.29 is 4.79 Å². The molecule has 102 valence electrons. The van der Waals surface area contributed by atoms with Gasteiger partial charge in [-0.1, -0.05) is 31.5 Å².